The summed E-state index contributed by atoms with van der Waals surface area (Å²) in [7, 11) is 0. The van der Waals surface area contributed by atoms with Crippen LogP contribution in [0, 0.1) is 0 Å². The molecular formula is C20H25ClN2O2. The molecule has 1 aliphatic rings. The molecule has 0 radical (unpaired) electrons. The normalized spacial score (nSPS) is 17.0. The van der Waals surface area contributed by atoms with E-state index < -0.39 is 6.04 Å². The lowest BCUT2D eigenvalue weighted by atomic mass is 10.0. The Morgan fingerprint density at radius 3 is 2.68 bits per heavy atom. The average Bonchev–Trinajstić information content (AvgIpc) is 2.99. The molecule has 2 aromatic rings. The van der Waals surface area contributed by atoms with Crippen LogP contribution in [0.2, 0.25) is 5.02 Å². The molecule has 1 aliphatic heterocycles. The quantitative estimate of drug-likeness (QED) is 0.826. The van der Waals surface area contributed by atoms with Gasteiger partial charge < -0.3 is 10.6 Å². The first kappa shape index (κ1) is 17.6. The molecule has 134 valence electrons. The second-order valence-corrected chi connectivity index (χ2v) is 6.83. The Morgan fingerprint density at radius 1 is 1.24 bits per heavy atom. The molecule has 0 saturated carbocycles. The molecule has 25 heavy (non-hydrogen) atoms. The van der Waals surface area contributed by atoms with Gasteiger partial charge in [0, 0.05) is 26.9 Å². The lowest BCUT2D eigenvalue weighted by molar-refractivity contribution is -0.127. The van der Waals surface area contributed by atoms with Gasteiger partial charge in [-0.1, -0.05) is 48.0 Å². The number of hydrogen-bond donors (Lipinski definition) is 2. The van der Waals surface area contributed by atoms with Crippen LogP contribution in [-0.4, -0.2) is 17.7 Å². The van der Waals surface area contributed by atoms with E-state index in [0.717, 1.165) is 17.7 Å². The SMILES string of the molecule is CC(=O)[C@@H](Cc1ccc(Cl)cc1)NC(=O)CC1NCc2ccccc21.[HH].[HH]. The van der Waals surface area contributed by atoms with Gasteiger partial charge in [0.15, 0.2) is 5.78 Å². The summed E-state index contributed by atoms with van der Waals surface area (Å²) in [5.74, 6) is -0.175. The van der Waals surface area contributed by atoms with Gasteiger partial charge >= 0.3 is 0 Å². The number of Topliss-reactive ketones (excluding diaryl/α,β-unsaturated/α-hetero) is 1. The van der Waals surface area contributed by atoms with E-state index in [1.54, 1.807) is 12.1 Å². The maximum Gasteiger partial charge on any atom is 0.222 e. The van der Waals surface area contributed by atoms with Crippen molar-refractivity contribution in [2.24, 2.45) is 0 Å². The first-order valence-electron chi connectivity index (χ1n) is 8.38. The molecule has 1 heterocycles. The molecule has 2 atom stereocenters. The van der Waals surface area contributed by atoms with Crippen LogP contribution in [0.5, 0.6) is 0 Å². The number of halogens is 1. The highest BCUT2D eigenvalue weighted by Gasteiger charge is 2.25. The van der Waals surface area contributed by atoms with E-state index in [-0.39, 0.29) is 20.6 Å². The van der Waals surface area contributed by atoms with Crippen LogP contribution in [0.4, 0.5) is 0 Å². The van der Waals surface area contributed by atoms with E-state index >= 15 is 0 Å². The summed E-state index contributed by atoms with van der Waals surface area (Å²) in [5.41, 5.74) is 3.36. The molecule has 2 aromatic carbocycles. The maximum absolute atomic E-state index is 12.4. The molecule has 0 fully saturated rings. The van der Waals surface area contributed by atoms with E-state index in [9.17, 15) is 9.59 Å². The minimum absolute atomic E-state index is 0. The number of benzene rings is 2. The van der Waals surface area contributed by atoms with E-state index in [1.165, 1.54) is 12.5 Å². The van der Waals surface area contributed by atoms with Crippen LogP contribution in [0.1, 0.15) is 38.9 Å². The van der Waals surface area contributed by atoms with Crippen LogP contribution >= 0.6 is 11.6 Å². The fourth-order valence-corrected chi connectivity index (χ4v) is 3.28. The lowest BCUT2D eigenvalue weighted by Crippen LogP contribution is -2.42. The van der Waals surface area contributed by atoms with E-state index in [4.69, 9.17) is 11.6 Å². The van der Waals surface area contributed by atoms with E-state index in [0.29, 0.717) is 17.9 Å². The Kier molecular flexibility index (Phi) is 5.51. The molecule has 0 aromatic heterocycles. The van der Waals surface area contributed by atoms with Crippen molar-refractivity contribution >= 4 is 23.3 Å². The molecule has 0 bridgehead atoms. The van der Waals surface area contributed by atoms with Gasteiger partial charge in [-0.3, -0.25) is 9.59 Å². The maximum atomic E-state index is 12.4. The highest BCUT2D eigenvalue weighted by molar-refractivity contribution is 6.30. The molecule has 1 unspecified atom stereocenters. The van der Waals surface area contributed by atoms with Crippen molar-refractivity contribution in [1.29, 1.82) is 0 Å². The Hall–Kier alpha value is -2.17. The van der Waals surface area contributed by atoms with Crippen molar-refractivity contribution in [2.75, 3.05) is 0 Å². The zero-order valence-electron chi connectivity index (χ0n) is 14.1. The zero-order chi connectivity index (χ0) is 17.8. The number of hydrogen-bond acceptors (Lipinski definition) is 3. The molecule has 4 nitrogen and oxygen atoms in total. The number of fused-ring (bicyclic) bond motifs is 1. The molecule has 0 aliphatic carbocycles. The minimum atomic E-state index is -0.523. The van der Waals surface area contributed by atoms with Crippen molar-refractivity contribution in [3.8, 4) is 0 Å². The number of ketones is 1. The monoisotopic (exact) mass is 360 g/mol. The molecule has 5 heteroatoms. The number of carbonyl (C=O) groups excluding carboxylic acids is 2. The Labute approximate surface area is 155 Å². The second-order valence-electron chi connectivity index (χ2n) is 6.40. The van der Waals surface area contributed by atoms with Crippen LogP contribution in [0.25, 0.3) is 0 Å². The fraction of sp³-hybridized carbons (Fsp3) is 0.300. The highest BCUT2D eigenvalue weighted by atomic mass is 35.5. The van der Waals surface area contributed by atoms with Gasteiger partial charge in [0.25, 0.3) is 0 Å². The van der Waals surface area contributed by atoms with Crippen molar-refractivity contribution in [3.63, 3.8) is 0 Å². The largest absolute Gasteiger partial charge is 0.346 e. The number of amides is 1. The third-order valence-corrected chi connectivity index (χ3v) is 4.79. The summed E-state index contributed by atoms with van der Waals surface area (Å²) >= 11 is 5.89. The topological polar surface area (TPSA) is 58.2 Å². The lowest BCUT2D eigenvalue weighted by Gasteiger charge is -2.18. The van der Waals surface area contributed by atoms with Crippen LogP contribution in [0.15, 0.2) is 48.5 Å². The van der Waals surface area contributed by atoms with Gasteiger partial charge in [0.2, 0.25) is 5.91 Å². The molecular weight excluding hydrogens is 336 g/mol. The van der Waals surface area contributed by atoms with Crippen LogP contribution < -0.4 is 10.6 Å². The van der Waals surface area contributed by atoms with Gasteiger partial charge in [-0.05, 0) is 42.2 Å². The summed E-state index contributed by atoms with van der Waals surface area (Å²) in [6.45, 7) is 2.28. The van der Waals surface area contributed by atoms with Crippen LogP contribution in [0.3, 0.4) is 0 Å². The Bertz CT molecular complexity index is 784. The van der Waals surface area contributed by atoms with Gasteiger partial charge in [-0.25, -0.2) is 0 Å². The number of nitrogens with one attached hydrogen (secondary N) is 2. The molecule has 1 amide bonds. The van der Waals surface area contributed by atoms with Crippen LogP contribution in [-0.2, 0) is 22.6 Å². The van der Waals surface area contributed by atoms with Gasteiger partial charge in [0.05, 0.1) is 6.04 Å². The fourth-order valence-electron chi connectivity index (χ4n) is 3.15. The predicted molar refractivity (Wildman–Crippen MR) is 103 cm³/mol. The second kappa shape index (κ2) is 7.81. The van der Waals surface area contributed by atoms with Crippen molar-refractivity contribution < 1.29 is 12.4 Å². The first-order valence-corrected chi connectivity index (χ1v) is 8.76. The van der Waals surface area contributed by atoms with Gasteiger partial charge in [-0.2, -0.15) is 0 Å². The smallest absolute Gasteiger partial charge is 0.222 e. The Morgan fingerprint density at radius 2 is 1.96 bits per heavy atom. The van der Waals surface area contributed by atoms with Gasteiger partial charge in [0.1, 0.15) is 0 Å². The molecule has 3 rings (SSSR count). The first-order chi connectivity index (χ1) is 12.0. The zero-order valence-corrected chi connectivity index (χ0v) is 14.8. The Balaban J connectivity index is 0.00000182. The van der Waals surface area contributed by atoms with E-state index in [1.807, 2.05) is 30.3 Å². The molecule has 0 spiro atoms. The van der Waals surface area contributed by atoms with Crippen molar-refractivity contribution in [1.82, 2.24) is 10.6 Å². The number of rotatable bonds is 6. The summed E-state index contributed by atoms with van der Waals surface area (Å²) < 4.78 is 0. The highest BCUT2D eigenvalue weighted by Crippen LogP contribution is 2.27. The number of carbonyl (C=O) groups is 2. The standard InChI is InChI=1S/C20H21ClN2O2.2H2/c1-13(24)18(10-14-6-8-16(21)9-7-14)23-20(25)11-19-17-5-3-2-4-15(17)12-22-19;;/h2-9,18-19,22H,10-12H2,1H3,(H,23,25);2*1H/t18-,19?;;/m1../s1. The van der Waals surface area contributed by atoms with Crippen molar-refractivity contribution in [2.45, 2.75) is 38.4 Å². The van der Waals surface area contributed by atoms with Gasteiger partial charge in [-0.15, -0.1) is 0 Å². The minimum Gasteiger partial charge on any atom is -0.346 e. The molecule has 0 saturated heterocycles. The summed E-state index contributed by atoms with van der Waals surface area (Å²) in [6.07, 6.45) is 0.786. The van der Waals surface area contributed by atoms with E-state index in [2.05, 4.69) is 16.7 Å². The predicted octanol–water partition coefficient (Wildman–Crippen LogP) is 3.68. The average molecular weight is 361 g/mol. The summed E-state index contributed by atoms with van der Waals surface area (Å²) in [4.78, 5) is 24.4. The third kappa shape index (κ3) is 4.47. The summed E-state index contributed by atoms with van der Waals surface area (Å²) in [6, 6.07) is 14.9. The third-order valence-electron chi connectivity index (χ3n) is 4.54. The van der Waals surface area contributed by atoms with Crippen molar-refractivity contribution in [3.05, 3.63) is 70.2 Å². The molecule has 2 N–H and O–H groups in total. The summed E-state index contributed by atoms with van der Waals surface area (Å²) in [5, 5.41) is 6.88.